The number of thiophene rings is 1. The van der Waals surface area contributed by atoms with Crippen LogP contribution in [0.15, 0.2) is 29.6 Å². The number of alkyl halides is 1. The summed E-state index contributed by atoms with van der Waals surface area (Å²) in [4.78, 5) is 1.24. The molecule has 1 nitrogen and oxygen atoms in total. The van der Waals surface area contributed by atoms with Crippen LogP contribution in [-0.4, -0.2) is 0 Å². The Kier molecular flexibility index (Phi) is 4.08. The van der Waals surface area contributed by atoms with E-state index in [1.807, 2.05) is 6.07 Å². The second kappa shape index (κ2) is 5.56. The molecule has 17 heavy (non-hydrogen) atoms. The lowest BCUT2D eigenvalue weighted by atomic mass is 10.1. The number of benzene rings is 1. The minimum atomic E-state index is 0.548. The third kappa shape index (κ3) is 3.02. The average Bonchev–Trinajstić information content (AvgIpc) is 2.80. The molecule has 1 heterocycles. The highest BCUT2D eigenvalue weighted by atomic mass is 35.5. The molecule has 0 saturated carbocycles. The van der Waals surface area contributed by atoms with E-state index in [0.29, 0.717) is 12.5 Å². The molecule has 0 saturated heterocycles. The van der Waals surface area contributed by atoms with E-state index in [0.717, 1.165) is 22.4 Å². The van der Waals surface area contributed by atoms with Gasteiger partial charge in [0.15, 0.2) is 0 Å². The van der Waals surface area contributed by atoms with E-state index in [9.17, 15) is 0 Å². The van der Waals surface area contributed by atoms with Crippen LogP contribution in [-0.2, 0) is 12.5 Å². The topological polar surface area (TPSA) is 9.23 Å². The fourth-order valence-electron chi connectivity index (χ4n) is 1.88. The Morgan fingerprint density at radius 2 is 1.94 bits per heavy atom. The number of hydrogen-bond acceptors (Lipinski definition) is 2. The Hall–Kier alpha value is -0.990. The van der Waals surface area contributed by atoms with Crippen LogP contribution in [0.1, 0.15) is 21.6 Å². The third-order valence-corrected chi connectivity index (χ3v) is 3.77. The molecule has 0 aliphatic rings. The third-order valence-electron chi connectivity index (χ3n) is 2.61. The molecule has 1 aromatic heterocycles. The number of ether oxygens (including phenoxy) is 1. The second-order valence-electron chi connectivity index (χ2n) is 4.06. The van der Waals surface area contributed by atoms with Crippen molar-refractivity contribution in [2.24, 2.45) is 0 Å². The summed E-state index contributed by atoms with van der Waals surface area (Å²) in [5.41, 5.74) is 3.44. The van der Waals surface area contributed by atoms with Crippen molar-refractivity contribution in [3.05, 3.63) is 51.2 Å². The van der Waals surface area contributed by atoms with E-state index in [4.69, 9.17) is 16.3 Å². The molecule has 0 unspecified atom stereocenters. The molecule has 0 bridgehead atoms. The largest absolute Gasteiger partial charge is 0.488 e. The minimum absolute atomic E-state index is 0.548. The van der Waals surface area contributed by atoms with Gasteiger partial charge in [0.25, 0.3) is 0 Å². The number of rotatable bonds is 4. The molecule has 0 atom stereocenters. The quantitative estimate of drug-likeness (QED) is 0.730. The van der Waals surface area contributed by atoms with Crippen molar-refractivity contribution < 1.29 is 4.74 Å². The van der Waals surface area contributed by atoms with E-state index >= 15 is 0 Å². The zero-order valence-corrected chi connectivity index (χ0v) is 11.6. The van der Waals surface area contributed by atoms with Gasteiger partial charge in [-0.15, -0.1) is 22.9 Å². The van der Waals surface area contributed by atoms with E-state index in [2.05, 4.69) is 37.4 Å². The predicted octanol–water partition coefficient (Wildman–Crippen LogP) is 4.68. The van der Waals surface area contributed by atoms with E-state index in [1.165, 1.54) is 4.88 Å². The normalized spacial score (nSPS) is 10.5. The second-order valence-corrected chi connectivity index (χ2v) is 5.36. The maximum atomic E-state index is 5.88. The average molecular weight is 267 g/mol. The molecular weight excluding hydrogens is 252 g/mol. The van der Waals surface area contributed by atoms with Crippen molar-refractivity contribution in [2.75, 3.05) is 0 Å². The molecule has 0 N–H and O–H groups in total. The highest BCUT2D eigenvalue weighted by Crippen LogP contribution is 2.26. The number of hydrogen-bond donors (Lipinski definition) is 0. The maximum absolute atomic E-state index is 5.88. The van der Waals surface area contributed by atoms with Crippen LogP contribution in [0.3, 0.4) is 0 Å². The SMILES string of the molecule is Cc1cc(CCl)cc(C)c1OCc1cccs1. The Labute approximate surface area is 111 Å². The van der Waals surface area contributed by atoms with E-state index in [1.54, 1.807) is 11.3 Å². The fraction of sp³-hybridized carbons (Fsp3) is 0.286. The number of halogens is 1. The molecule has 0 fully saturated rings. The van der Waals surface area contributed by atoms with Gasteiger partial charge in [0.1, 0.15) is 12.4 Å². The first kappa shape index (κ1) is 12.5. The molecule has 0 aliphatic carbocycles. The maximum Gasteiger partial charge on any atom is 0.125 e. The summed E-state index contributed by atoms with van der Waals surface area (Å²) in [6.45, 7) is 4.76. The van der Waals surface area contributed by atoms with Gasteiger partial charge in [-0.1, -0.05) is 18.2 Å². The van der Waals surface area contributed by atoms with Gasteiger partial charge in [0.2, 0.25) is 0 Å². The van der Waals surface area contributed by atoms with Crippen LogP contribution >= 0.6 is 22.9 Å². The Balaban J connectivity index is 2.15. The summed E-state index contributed by atoms with van der Waals surface area (Å²) in [7, 11) is 0. The van der Waals surface area contributed by atoms with Crippen LogP contribution in [0.25, 0.3) is 0 Å². The Morgan fingerprint density at radius 3 is 2.47 bits per heavy atom. The van der Waals surface area contributed by atoms with Crippen molar-refractivity contribution in [2.45, 2.75) is 26.3 Å². The van der Waals surface area contributed by atoms with Crippen LogP contribution in [0.4, 0.5) is 0 Å². The van der Waals surface area contributed by atoms with Gasteiger partial charge < -0.3 is 4.74 Å². The molecule has 0 radical (unpaired) electrons. The molecule has 90 valence electrons. The molecular formula is C14H15ClOS. The van der Waals surface area contributed by atoms with Crippen molar-refractivity contribution in [1.29, 1.82) is 0 Å². The van der Waals surface area contributed by atoms with Gasteiger partial charge in [-0.05, 0) is 42.0 Å². The zero-order valence-electron chi connectivity index (χ0n) is 10.00. The van der Waals surface area contributed by atoms with E-state index < -0.39 is 0 Å². The predicted molar refractivity (Wildman–Crippen MR) is 74.1 cm³/mol. The van der Waals surface area contributed by atoms with Crippen molar-refractivity contribution in [1.82, 2.24) is 0 Å². The first-order valence-corrected chi connectivity index (χ1v) is 6.93. The van der Waals surface area contributed by atoms with Gasteiger partial charge in [-0.3, -0.25) is 0 Å². The summed E-state index contributed by atoms with van der Waals surface area (Å²) < 4.78 is 5.88. The number of aryl methyl sites for hydroxylation is 2. The monoisotopic (exact) mass is 266 g/mol. The Morgan fingerprint density at radius 1 is 1.24 bits per heavy atom. The van der Waals surface area contributed by atoms with Crippen molar-refractivity contribution >= 4 is 22.9 Å². The molecule has 0 amide bonds. The molecule has 1 aromatic carbocycles. The highest BCUT2D eigenvalue weighted by Gasteiger charge is 2.06. The molecule has 0 aliphatic heterocycles. The summed E-state index contributed by atoms with van der Waals surface area (Å²) in [6.07, 6.45) is 0. The van der Waals surface area contributed by atoms with Gasteiger partial charge in [-0.25, -0.2) is 0 Å². The van der Waals surface area contributed by atoms with E-state index in [-0.39, 0.29) is 0 Å². The Bertz CT molecular complexity index is 468. The highest BCUT2D eigenvalue weighted by molar-refractivity contribution is 7.09. The lowest BCUT2D eigenvalue weighted by Crippen LogP contribution is -1.98. The first-order chi connectivity index (χ1) is 8.20. The van der Waals surface area contributed by atoms with Crippen molar-refractivity contribution in [3.63, 3.8) is 0 Å². The summed E-state index contributed by atoms with van der Waals surface area (Å²) in [5.74, 6) is 1.53. The molecule has 0 spiro atoms. The molecule has 3 heteroatoms. The summed E-state index contributed by atoms with van der Waals surface area (Å²) in [6, 6.07) is 8.30. The molecule has 2 rings (SSSR count). The smallest absolute Gasteiger partial charge is 0.125 e. The van der Waals surface area contributed by atoms with Crippen LogP contribution in [0, 0.1) is 13.8 Å². The minimum Gasteiger partial charge on any atom is -0.488 e. The fourth-order valence-corrected chi connectivity index (χ4v) is 2.65. The van der Waals surface area contributed by atoms with Gasteiger partial charge >= 0.3 is 0 Å². The van der Waals surface area contributed by atoms with Crippen LogP contribution < -0.4 is 4.74 Å². The lowest BCUT2D eigenvalue weighted by Gasteiger charge is -2.12. The lowest BCUT2D eigenvalue weighted by molar-refractivity contribution is 0.305. The van der Waals surface area contributed by atoms with Gasteiger partial charge in [0.05, 0.1) is 0 Å². The summed E-state index contributed by atoms with van der Waals surface area (Å²) >= 11 is 7.56. The standard InChI is InChI=1S/C14H15ClOS/c1-10-6-12(8-15)7-11(2)14(10)16-9-13-4-3-5-17-13/h3-7H,8-9H2,1-2H3. The van der Waals surface area contributed by atoms with Crippen molar-refractivity contribution in [3.8, 4) is 5.75 Å². The van der Waals surface area contributed by atoms with Crippen LogP contribution in [0.2, 0.25) is 0 Å². The zero-order chi connectivity index (χ0) is 12.3. The van der Waals surface area contributed by atoms with Crippen LogP contribution in [0.5, 0.6) is 5.75 Å². The van der Waals surface area contributed by atoms with Gasteiger partial charge in [-0.2, -0.15) is 0 Å². The van der Waals surface area contributed by atoms with Gasteiger partial charge in [0, 0.05) is 10.8 Å². The summed E-state index contributed by atoms with van der Waals surface area (Å²) in [5, 5.41) is 2.06. The first-order valence-electron chi connectivity index (χ1n) is 5.52. The molecule has 2 aromatic rings.